The standard InChI is InChI=1S/C14H15BrO3S/c1-17-6-7-18-12-5-3-2-4-11(12)14(16)10-8-13(15)19-9-10/h2-5,8-9,14,16H,6-7H2,1H3. The van der Waals surface area contributed by atoms with Crippen LogP contribution in [0, 0.1) is 0 Å². The van der Waals surface area contributed by atoms with Crippen LogP contribution < -0.4 is 4.74 Å². The first-order valence-electron chi connectivity index (χ1n) is 5.85. The predicted molar refractivity (Wildman–Crippen MR) is 79.9 cm³/mol. The number of aliphatic hydroxyl groups excluding tert-OH is 1. The number of ether oxygens (including phenoxy) is 2. The summed E-state index contributed by atoms with van der Waals surface area (Å²) in [5.41, 5.74) is 1.63. The zero-order valence-corrected chi connectivity index (χ0v) is 12.9. The number of halogens is 1. The van der Waals surface area contributed by atoms with Crippen LogP contribution in [0.2, 0.25) is 0 Å². The third-order valence-corrected chi connectivity index (χ3v) is 4.18. The Morgan fingerprint density at radius 1 is 1.32 bits per heavy atom. The topological polar surface area (TPSA) is 38.7 Å². The number of hydrogen-bond donors (Lipinski definition) is 1. The van der Waals surface area contributed by atoms with Crippen LogP contribution in [-0.2, 0) is 4.74 Å². The van der Waals surface area contributed by atoms with E-state index < -0.39 is 6.10 Å². The number of benzene rings is 1. The van der Waals surface area contributed by atoms with Gasteiger partial charge in [-0.15, -0.1) is 11.3 Å². The second-order valence-electron chi connectivity index (χ2n) is 3.97. The van der Waals surface area contributed by atoms with Crippen LogP contribution in [0.1, 0.15) is 17.2 Å². The van der Waals surface area contributed by atoms with Crippen molar-refractivity contribution in [3.63, 3.8) is 0 Å². The van der Waals surface area contributed by atoms with Gasteiger partial charge in [-0.3, -0.25) is 0 Å². The van der Waals surface area contributed by atoms with Crippen molar-refractivity contribution in [3.05, 3.63) is 50.6 Å². The molecule has 1 unspecified atom stereocenters. The number of hydrogen-bond acceptors (Lipinski definition) is 4. The van der Waals surface area contributed by atoms with Gasteiger partial charge in [0.05, 0.1) is 10.4 Å². The van der Waals surface area contributed by atoms with Gasteiger partial charge in [-0.1, -0.05) is 18.2 Å². The Kier molecular flexibility index (Phi) is 5.39. The fraction of sp³-hybridized carbons (Fsp3) is 0.286. The van der Waals surface area contributed by atoms with Crippen LogP contribution in [0.25, 0.3) is 0 Å². The molecule has 19 heavy (non-hydrogen) atoms. The minimum atomic E-state index is -0.679. The molecule has 0 aliphatic rings. The lowest BCUT2D eigenvalue weighted by molar-refractivity contribution is 0.142. The van der Waals surface area contributed by atoms with E-state index in [2.05, 4.69) is 15.9 Å². The maximum atomic E-state index is 10.4. The second-order valence-corrected chi connectivity index (χ2v) is 6.26. The molecule has 1 atom stereocenters. The summed E-state index contributed by atoms with van der Waals surface area (Å²) in [7, 11) is 1.63. The fourth-order valence-electron chi connectivity index (χ4n) is 1.72. The van der Waals surface area contributed by atoms with Crippen LogP contribution in [0.3, 0.4) is 0 Å². The molecule has 0 saturated heterocycles. The van der Waals surface area contributed by atoms with Crippen molar-refractivity contribution in [2.24, 2.45) is 0 Å². The molecule has 0 amide bonds. The highest BCUT2D eigenvalue weighted by atomic mass is 79.9. The summed E-state index contributed by atoms with van der Waals surface area (Å²) < 4.78 is 11.6. The Balaban J connectivity index is 2.18. The monoisotopic (exact) mass is 342 g/mol. The number of thiophene rings is 1. The number of methoxy groups -OCH3 is 1. The van der Waals surface area contributed by atoms with Crippen LogP contribution in [0.4, 0.5) is 0 Å². The average Bonchev–Trinajstić information content (AvgIpc) is 2.85. The molecule has 0 aliphatic heterocycles. The van der Waals surface area contributed by atoms with Crippen LogP contribution >= 0.6 is 27.3 Å². The first kappa shape index (κ1) is 14.5. The van der Waals surface area contributed by atoms with Crippen molar-refractivity contribution in [1.29, 1.82) is 0 Å². The Morgan fingerprint density at radius 2 is 2.11 bits per heavy atom. The summed E-state index contributed by atoms with van der Waals surface area (Å²) in [6.45, 7) is 0.988. The zero-order chi connectivity index (χ0) is 13.7. The third-order valence-electron chi connectivity index (χ3n) is 2.66. The van der Waals surface area contributed by atoms with Gasteiger partial charge in [-0.05, 0) is 39.0 Å². The van der Waals surface area contributed by atoms with Gasteiger partial charge in [0.15, 0.2) is 0 Å². The highest BCUT2D eigenvalue weighted by Crippen LogP contribution is 2.33. The summed E-state index contributed by atoms with van der Waals surface area (Å²) in [4.78, 5) is 0. The molecular weight excluding hydrogens is 328 g/mol. The van der Waals surface area contributed by atoms with E-state index in [0.29, 0.717) is 19.0 Å². The number of para-hydroxylation sites is 1. The lowest BCUT2D eigenvalue weighted by atomic mass is 10.0. The molecule has 0 bridgehead atoms. The molecule has 2 aromatic rings. The largest absolute Gasteiger partial charge is 0.491 e. The predicted octanol–water partition coefficient (Wildman–Crippen LogP) is 3.62. The van der Waals surface area contributed by atoms with Gasteiger partial charge >= 0.3 is 0 Å². The van der Waals surface area contributed by atoms with Crippen molar-refractivity contribution < 1.29 is 14.6 Å². The Bertz CT molecular complexity index is 527. The maximum absolute atomic E-state index is 10.4. The minimum Gasteiger partial charge on any atom is -0.491 e. The highest BCUT2D eigenvalue weighted by molar-refractivity contribution is 9.11. The van der Waals surface area contributed by atoms with Crippen molar-refractivity contribution in [3.8, 4) is 5.75 Å². The molecule has 2 rings (SSSR count). The SMILES string of the molecule is COCCOc1ccccc1C(O)c1csc(Br)c1. The maximum Gasteiger partial charge on any atom is 0.125 e. The highest BCUT2D eigenvalue weighted by Gasteiger charge is 2.16. The first-order valence-corrected chi connectivity index (χ1v) is 7.52. The molecule has 0 spiro atoms. The summed E-state index contributed by atoms with van der Waals surface area (Å²) in [6.07, 6.45) is -0.679. The fourth-order valence-corrected chi connectivity index (χ4v) is 2.91. The van der Waals surface area contributed by atoms with E-state index in [9.17, 15) is 5.11 Å². The number of aliphatic hydroxyl groups is 1. The molecule has 3 nitrogen and oxygen atoms in total. The smallest absolute Gasteiger partial charge is 0.125 e. The molecule has 5 heteroatoms. The molecule has 0 saturated carbocycles. The average molecular weight is 343 g/mol. The lowest BCUT2D eigenvalue weighted by Gasteiger charge is -2.15. The molecule has 1 aromatic carbocycles. The van der Waals surface area contributed by atoms with Gasteiger partial charge in [0.25, 0.3) is 0 Å². The second kappa shape index (κ2) is 7.05. The van der Waals surface area contributed by atoms with E-state index in [0.717, 1.165) is 14.9 Å². The first-order chi connectivity index (χ1) is 9.22. The summed E-state index contributed by atoms with van der Waals surface area (Å²) in [6, 6.07) is 9.43. The third kappa shape index (κ3) is 3.79. The van der Waals surface area contributed by atoms with Gasteiger partial charge in [0, 0.05) is 12.7 Å². The van der Waals surface area contributed by atoms with Gasteiger partial charge in [0.2, 0.25) is 0 Å². The molecule has 0 aliphatic carbocycles. The Hall–Kier alpha value is -0.880. The van der Waals surface area contributed by atoms with Crippen molar-refractivity contribution in [2.45, 2.75) is 6.10 Å². The van der Waals surface area contributed by atoms with E-state index in [-0.39, 0.29) is 0 Å². The van der Waals surface area contributed by atoms with Gasteiger partial charge in [-0.25, -0.2) is 0 Å². The quantitative estimate of drug-likeness (QED) is 0.815. The molecule has 1 aromatic heterocycles. The molecule has 102 valence electrons. The van der Waals surface area contributed by atoms with Crippen LogP contribution in [-0.4, -0.2) is 25.4 Å². The van der Waals surface area contributed by atoms with Gasteiger partial charge in [-0.2, -0.15) is 0 Å². The Labute approximate surface area is 124 Å². The van der Waals surface area contributed by atoms with E-state index in [1.807, 2.05) is 35.7 Å². The van der Waals surface area contributed by atoms with E-state index in [1.165, 1.54) is 0 Å². The van der Waals surface area contributed by atoms with E-state index in [1.54, 1.807) is 18.4 Å². The van der Waals surface area contributed by atoms with E-state index >= 15 is 0 Å². The van der Waals surface area contributed by atoms with Crippen molar-refractivity contribution >= 4 is 27.3 Å². The van der Waals surface area contributed by atoms with Crippen LogP contribution in [0.15, 0.2) is 39.5 Å². The lowest BCUT2D eigenvalue weighted by Crippen LogP contribution is -2.08. The molecule has 1 N–H and O–H groups in total. The molecular formula is C14H15BrO3S. The van der Waals surface area contributed by atoms with Gasteiger partial charge in [0.1, 0.15) is 18.5 Å². The van der Waals surface area contributed by atoms with E-state index in [4.69, 9.17) is 9.47 Å². The van der Waals surface area contributed by atoms with Crippen molar-refractivity contribution in [2.75, 3.05) is 20.3 Å². The number of rotatable bonds is 6. The molecule has 1 heterocycles. The summed E-state index contributed by atoms with van der Waals surface area (Å²) >= 11 is 4.95. The molecule has 0 fully saturated rings. The summed E-state index contributed by atoms with van der Waals surface area (Å²) in [5, 5.41) is 12.3. The van der Waals surface area contributed by atoms with Crippen LogP contribution in [0.5, 0.6) is 5.75 Å². The molecule has 0 radical (unpaired) electrons. The summed E-state index contributed by atoms with van der Waals surface area (Å²) in [5.74, 6) is 0.689. The van der Waals surface area contributed by atoms with Crippen molar-refractivity contribution in [1.82, 2.24) is 0 Å². The van der Waals surface area contributed by atoms with Gasteiger partial charge < -0.3 is 14.6 Å². The normalized spacial score (nSPS) is 12.4. The Morgan fingerprint density at radius 3 is 2.79 bits per heavy atom. The minimum absolute atomic E-state index is 0.466. The zero-order valence-electron chi connectivity index (χ0n) is 10.5.